The molecule has 154 valence electrons. The van der Waals surface area contributed by atoms with Gasteiger partial charge in [-0.1, -0.05) is 13.0 Å². The molecule has 5 heterocycles. The van der Waals surface area contributed by atoms with Crippen LogP contribution in [0.25, 0.3) is 16.9 Å². The van der Waals surface area contributed by atoms with E-state index in [-0.39, 0.29) is 0 Å². The van der Waals surface area contributed by atoms with E-state index in [9.17, 15) is 0 Å². The monoisotopic (exact) mass is 420 g/mol. The van der Waals surface area contributed by atoms with E-state index in [1.165, 1.54) is 0 Å². The molecule has 1 aliphatic heterocycles. The van der Waals surface area contributed by atoms with Crippen molar-refractivity contribution in [1.82, 2.24) is 24.5 Å². The number of piperazine rings is 1. The van der Waals surface area contributed by atoms with Crippen LogP contribution in [0.5, 0.6) is 0 Å². The summed E-state index contributed by atoms with van der Waals surface area (Å²) in [5, 5.41) is 7.61. The minimum absolute atomic E-state index is 0.749. The summed E-state index contributed by atoms with van der Waals surface area (Å²) in [6, 6.07) is 8.12. The van der Waals surface area contributed by atoms with Gasteiger partial charge in [-0.3, -0.25) is 4.57 Å². The smallest absolute Gasteiger partial charge is 0.229 e. The fourth-order valence-corrected chi connectivity index (χ4v) is 4.28. The molecule has 4 aromatic heterocycles. The van der Waals surface area contributed by atoms with E-state index in [4.69, 9.17) is 9.97 Å². The molecule has 0 unspecified atom stereocenters. The molecule has 1 saturated heterocycles. The van der Waals surface area contributed by atoms with Gasteiger partial charge in [-0.2, -0.15) is 21.3 Å². The maximum absolute atomic E-state index is 4.93. The number of hydrogen-bond acceptors (Lipinski definition) is 8. The van der Waals surface area contributed by atoms with Gasteiger partial charge in [0.1, 0.15) is 12.1 Å². The quantitative estimate of drug-likeness (QED) is 0.512. The van der Waals surface area contributed by atoms with Crippen molar-refractivity contribution >= 4 is 40.1 Å². The van der Waals surface area contributed by atoms with Crippen LogP contribution in [-0.4, -0.2) is 57.2 Å². The van der Waals surface area contributed by atoms with Crippen molar-refractivity contribution in [3.05, 3.63) is 47.5 Å². The van der Waals surface area contributed by atoms with Crippen molar-refractivity contribution in [1.29, 1.82) is 0 Å². The molecular weight excluding hydrogens is 396 g/mol. The summed E-state index contributed by atoms with van der Waals surface area (Å²) in [6.45, 7) is 6.47. The molecule has 1 aliphatic rings. The molecule has 0 saturated carbocycles. The number of anilines is 3. The third kappa shape index (κ3) is 3.56. The van der Waals surface area contributed by atoms with Crippen molar-refractivity contribution in [2.45, 2.75) is 13.3 Å². The molecule has 0 aromatic carbocycles. The number of fused-ring (bicyclic) bond motifs is 1. The van der Waals surface area contributed by atoms with Gasteiger partial charge in [-0.25, -0.2) is 9.97 Å². The molecule has 0 amide bonds. The Labute approximate surface area is 179 Å². The first kappa shape index (κ1) is 18.8. The molecule has 0 spiro atoms. The zero-order valence-electron chi connectivity index (χ0n) is 16.9. The van der Waals surface area contributed by atoms with E-state index in [2.05, 4.69) is 54.9 Å². The standard InChI is InChI=1S/C21H24N8S/c1-2-7-23-19-18-20(29(15-24-18)16-6-13-30-14-16)26-21(25-19)28-11-9-27(10-12-28)17-5-3-4-8-22-17/h3-6,8,13-15H,2,7,9-12H2,1H3,(H,23,25,26). The maximum Gasteiger partial charge on any atom is 0.229 e. The first-order chi connectivity index (χ1) is 14.8. The Hall–Kier alpha value is -3.20. The lowest BCUT2D eigenvalue weighted by atomic mass is 10.3. The van der Waals surface area contributed by atoms with E-state index >= 15 is 0 Å². The highest BCUT2D eigenvalue weighted by Crippen LogP contribution is 2.26. The average Bonchev–Trinajstić information content (AvgIpc) is 3.48. The number of hydrogen-bond donors (Lipinski definition) is 1. The predicted molar refractivity (Wildman–Crippen MR) is 122 cm³/mol. The first-order valence-corrected chi connectivity index (χ1v) is 11.2. The topological polar surface area (TPSA) is 75.0 Å². The predicted octanol–water partition coefficient (Wildman–Crippen LogP) is 3.42. The number of aromatic nitrogens is 5. The molecule has 0 radical (unpaired) electrons. The number of rotatable bonds is 6. The first-order valence-electron chi connectivity index (χ1n) is 10.3. The molecule has 30 heavy (non-hydrogen) atoms. The molecule has 0 aliphatic carbocycles. The van der Waals surface area contributed by atoms with Crippen LogP contribution in [0.2, 0.25) is 0 Å². The van der Waals surface area contributed by atoms with Crippen LogP contribution in [0.1, 0.15) is 13.3 Å². The Morgan fingerprint density at radius 1 is 1.03 bits per heavy atom. The van der Waals surface area contributed by atoms with Crippen LogP contribution >= 0.6 is 11.3 Å². The van der Waals surface area contributed by atoms with Gasteiger partial charge in [-0.15, -0.1) is 0 Å². The van der Waals surface area contributed by atoms with E-state index in [0.717, 1.165) is 73.6 Å². The average molecular weight is 421 g/mol. The summed E-state index contributed by atoms with van der Waals surface area (Å²) in [7, 11) is 0. The Bertz CT molecular complexity index is 1100. The third-order valence-electron chi connectivity index (χ3n) is 5.25. The third-order valence-corrected chi connectivity index (χ3v) is 5.92. The fourth-order valence-electron chi connectivity index (χ4n) is 3.66. The molecule has 4 aromatic rings. The van der Waals surface area contributed by atoms with Gasteiger partial charge >= 0.3 is 0 Å². The van der Waals surface area contributed by atoms with Crippen LogP contribution in [0.3, 0.4) is 0 Å². The number of nitrogens with one attached hydrogen (secondary N) is 1. The van der Waals surface area contributed by atoms with Crippen LogP contribution < -0.4 is 15.1 Å². The highest BCUT2D eigenvalue weighted by molar-refractivity contribution is 7.08. The summed E-state index contributed by atoms with van der Waals surface area (Å²) < 4.78 is 2.04. The van der Waals surface area contributed by atoms with Gasteiger partial charge in [0, 0.05) is 44.3 Å². The zero-order chi connectivity index (χ0) is 20.3. The SMILES string of the molecule is CCCNc1nc(N2CCN(c3ccccn3)CC2)nc2c1ncn2-c1ccsc1. The minimum atomic E-state index is 0.749. The van der Waals surface area contributed by atoms with Crippen molar-refractivity contribution in [3.63, 3.8) is 0 Å². The van der Waals surface area contributed by atoms with E-state index < -0.39 is 0 Å². The van der Waals surface area contributed by atoms with Gasteiger partial charge in [0.2, 0.25) is 5.95 Å². The van der Waals surface area contributed by atoms with Crippen LogP contribution in [-0.2, 0) is 0 Å². The molecule has 0 atom stereocenters. The van der Waals surface area contributed by atoms with Gasteiger partial charge in [0.15, 0.2) is 17.0 Å². The van der Waals surface area contributed by atoms with Gasteiger partial charge in [0.05, 0.1) is 5.69 Å². The Balaban J connectivity index is 1.46. The molecule has 9 heteroatoms. The van der Waals surface area contributed by atoms with Crippen LogP contribution in [0.4, 0.5) is 17.6 Å². The van der Waals surface area contributed by atoms with Gasteiger partial charge in [-0.05, 0) is 30.0 Å². The van der Waals surface area contributed by atoms with Crippen LogP contribution in [0.15, 0.2) is 47.5 Å². The molecule has 8 nitrogen and oxygen atoms in total. The normalized spacial score (nSPS) is 14.4. The molecular formula is C21H24N8S. The summed E-state index contributed by atoms with van der Waals surface area (Å²) >= 11 is 1.67. The highest BCUT2D eigenvalue weighted by atomic mass is 32.1. The number of thiophene rings is 1. The van der Waals surface area contributed by atoms with E-state index in [0.29, 0.717) is 0 Å². The van der Waals surface area contributed by atoms with Crippen molar-refractivity contribution < 1.29 is 0 Å². The number of nitrogens with zero attached hydrogens (tertiary/aromatic N) is 7. The van der Waals surface area contributed by atoms with E-state index in [1.54, 1.807) is 11.3 Å². The van der Waals surface area contributed by atoms with E-state index in [1.807, 2.05) is 29.2 Å². The second kappa shape index (κ2) is 8.27. The lowest BCUT2D eigenvalue weighted by Crippen LogP contribution is -2.47. The largest absolute Gasteiger partial charge is 0.368 e. The lowest BCUT2D eigenvalue weighted by Gasteiger charge is -2.35. The molecule has 1 N–H and O–H groups in total. The summed E-state index contributed by atoms with van der Waals surface area (Å²) in [5.41, 5.74) is 2.73. The molecule has 0 bridgehead atoms. The summed E-state index contributed by atoms with van der Waals surface area (Å²) in [4.78, 5) is 23.4. The van der Waals surface area contributed by atoms with Crippen molar-refractivity contribution in [2.75, 3.05) is 47.8 Å². The Morgan fingerprint density at radius 3 is 2.63 bits per heavy atom. The summed E-state index contributed by atoms with van der Waals surface area (Å²) in [5.74, 6) is 2.58. The maximum atomic E-state index is 4.93. The zero-order valence-corrected chi connectivity index (χ0v) is 17.7. The molecule has 5 rings (SSSR count). The second-order valence-corrected chi connectivity index (χ2v) is 8.01. The second-order valence-electron chi connectivity index (χ2n) is 7.23. The number of imidazole rings is 1. The van der Waals surface area contributed by atoms with Gasteiger partial charge < -0.3 is 15.1 Å². The van der Waals surface area contributed by atoms with Gasteiger partial charge in [0.25, 0.3) is 0 Å². The minimum Gasteiger partial charge on any atom is -0.368 e. The Morgan fingerprint density at radius 2 is 1.90 bits per heavy atom. The summed E-state index contributed by atoms with van der Waals surface area (Å²) in [6.07, 6.45) is 4.70. The van der Waals surface area contributed by atoms with Crippen LogP contribution in [0, 0.1) is 0 Å². The fraction of sp³-hybridized carbons (Fsp3) is 0.333. The Kier molecular flexibility index (Phi) is 5.18. The van der Waals surface area contributed by atoms with Crippen molar-refractivity contribution in [2.24, 2.45) is 0 Å². The lowest BCUT2D eigenvalue weighted by molar-refractivity contribution is 0.635. The molecule has 1 fully saturated rings. The van der Waals surface area contributed by atoms with Crippen molar-refractivity contribution in [3.8, 4) is 5.69 Å². The number of pyridine rings is 1. The highest BCUT2D eigenvalue weighted by Gasteiger charge is 2.22.